The van der Waals surface area contributed by atoms with Gasteiger partial charge in [0.2, 0.25) is 0 Å². The minimum Gasteiger partial charge on any atom is -0.506 e. The molecule has 1 aromatic heterocycles. The van der Waals surface area contributed by atoms with Crippen LogP contribution >= 0.6 is 31.9 Å². The summed E-state index contributed by atoms with van der Waals surface area (Å²) >= 11 is 6.38. The van der Waals surface area contributed by atoms with E-state index in [1.54, 1.807) is 12.1 Å². The second kappa shape index (κ2) is 4.46. The molecule has 0 atom stereocenters. The van der Waals surface area contributed by atoms with Gasteiger partial charge < -0.3 is 10.8 Å². The van der Waals surface area contributed by atoms with E-state index >= 15 is 0 Å². The molecule has 2 aromatic rings. The lowest BCUT2D eigenvalue weighted by molar-refractivity contribution is 0.0996. The fourth-order valence-electron chi connectivity index (χ4n) is 1.31. The third-order valence-corrected chi connectivity index (χ3v) is 3.28. The lowest BCUT2D eigenvalue weighted by Crippen LogP contribution is -2.12. The Balaban J connectivity index is 2.61. The maximum Gasteiger partial charge on any atom is 0.271 e. The fourth-order valence-corrected chi connectivity index (χ4v) is 2.49. The number of phenols is 1. The third-order valence-electron chi connectivity index (χ3n) is 2.07. The molecule has 88 valence electrons. The normalized spacial score (nSPS) is 10.5. The van der Waals surface area contributed by atoms with Crippen LogP contribution in [0.2, 0.25) is 0 Å². The van der Waals surface area contributed by atoms with Crippen LogP contribution in [-0.2, 0) is 0 Å². The van der Waals surface area contributed by atoms with Gasteiger partial charge in [-0.15, -0.1) is 0 Å². The Kier molecular flexibility index (Phi) is 3.16. The maximum atomic E-state index is 11.1. The number of carbonyl (C=O) groups is 1. The van der Waals surface area contributed by atoms with Crippen LogP contribution in [0.15, 0.2) is 21.1 Å². The molecule has 0 bridgehead atoms. The monoisotopic (exact) mass is 360 g/mol. The molecule has 0 aliphatic rings. The highest BCUT2D eigenvalue weighted by Crippen LogP contribution is 2.36. The van der Waals surface area contributed by atoms with Crippen LogP contribution < -0.4 is 5.73 Å². The number of H-pyrrole nitrogens is 1. The number of nitrogens with one attached hydrogen (secondary N) is 1. The Morgan fingerprint density at radius 2 is 1.88 bits per heavy atom. The molecule has 17 heavy (non-hydrogen) atoms. The molecule has 6 nitrogen and oxygen atoms in total. The average molecular weight is 362 g/mol. The van der Waals surface area contributed by atoms with E-state index in [4.69, 9.17) is 5.73 Å². The van der Waals surface area contributed by atoms with E-state index in [9.17, 15) is 9.90 Å². The molecule has 4 N–H and O–H groups in total. The summed E-state index contributed by atoms with van der Waals surface area (Å²) in [5, 5.41) is 19.4. The predicted octanol–water partition coefficient (Wildman–Crippen LogP) is 1.80. The Hall–Kier alpha value is -1.41. The first-order valence-electron chi connectivity index (χ1n) is 4.39. The number of phenolic OH excluding ortho intramolecular Hbond substituents is 1. The molecule has 2 rings (SSSR count). The van der Waals surface area contributed by atoms with Crippen LogP contribution in [0.4, 0.5) is 0 Å². The van der Waals surface area contributed by atoms with Crippen LogP contribution in [0.1, 0.15) is 10.5 Å². The number of aromatic hydroxyl groups is 1. The molecule has 1 aromatic carbocycles. The highest BCUT2D eigenvalue weighted by Gasteiger charge is 2.17. The summed E-state index contributed by atoms with van der Waals surface area (Å²) in [7, 11) is 0. The number of hydrogen-bond acceptors (Lipinski definition) is 4. The van der Waals surface area contributed by atoms with Gasteiger partial charge in [-0.1, -0.05) is 0 Å². The molecule has 0 radical (unpaired) electrons. The number of nitrogens with zero attached hydrogens (tertiary/aromatic N) is 2. The maximum absolute atomic E-state index is 11.1. The van der Waals surface area contributed by atoms with Gasteiger partial charge in [0.1, 0.15) is 11.4 Å². The number of carbonyl (C=O) groups excluding carboxylic acids is 1. The number of aromatic nitrogens is 3. The van der Waals surface area contributed by atoms with Crippen LogP contribution in [-0.4, -0.2) is 26.4 Å². The van der Waals surface area contributed by atoms with E-state index < -0.39 is 5.91 Å². The lowest BCUT2D eigenvalue weighted by Gasteiger charge is -2.04. The van der Waals surface area contributed by atoms with Crippen LogP contribution in [0, 0.1) is 0 Å². The second-order valence-corrected chi connectivity index (χ2v) is 4.88. The largest absolute Gasteiger partial charge is 0.506 e. The van der Waals surface area contributed by atoms with Crippen molar-refractivity contribution in [1.29, 1.82) is 0 Å². The van der Waals surface area contributed by atoms with E-state index in [1.165, 1.54) is 0 Å². The van der Waals surface area contributed by atoms with E-state index in [0.717, 1.165) is 0 Å². The molecule has 0 aliphatic carbocycles. The number of nitrogens with two attached hydrogens (primary N) is 1. The Morgan fingerprint density at radius 1 is 1.29 bits per heavy atom. The minimum absolute atomic E-state index is 0.0505. The van der Waals surface area contributed by atoms with Gasteiger partial charge in [0, 0.05) is 5.56 Å². The summed E-state index contributed by atoms with van der Waals surface area (Å²) in [6, 6.07) is 3.23. The summed E-state index contributed by atoms with van der Waals surface area (Å²) < 4.78 is 0.945. The van der Waals surface area contributed by atoms with Gasteiger partial charge in [-0.2, -0.15) is 15.4 Å². The predicted molar refractivity (Wildman–Crippen MR) is 67.4 cm³/mol. The zero-order chi connectivity index (χ0) is 12.6. The molecule has 0 saturated carbocycles. The van der Waals surface area contributed by atoms with Gasteiger partial charge in [0.05, 0.1) is 8.95 Å². The van der Waals surface area contributed by atoms with Crippen molar-refractivity contribution < 1.29 is 9.90 Å². The number of rotatable bonds is 2. The second-order valence-electron chi connectivity index (χ2n) is 3.17. The van der Waals surface area contributed by atoms with E-state index in [2.05, 4.69) is 47.3 Å². The van der Waals surface area contributed by atoms with Crippen molar-refractivity contribution >= 4 is 37.8 Å². The van der Waals surface area contributed by atoms with Gasteiger partial charge in [-0.25, -0.2) is 0 Å². The summed E-state index contributed by atoms with van der Waals surface area (Å²) in [5.74, 6) is -0.605. The van der Waals surface area contributed by atoms with Gasteiger partial charge in [0.25, 0.3) is 5.91 Å². The molecule has 0 spiro atoms. The molecule has 0 fully saturated rings. The van der Waals surface area contributed by atoms with E-state index in [1.807, 2.05) is 0 Å². The highest BCUT2D eigenvalue weighted by molar-refractivity contribution is 9.11. The van der Waals surface area contributed by atoms with Gasteiger partial charge in [-0.3, -0.25) is 4.79 Å². The Bertz CT molecular complexity index is 573. The molecule has 0 saturated heterocycles. The third kappa shape index (κ3) is 2.18. The van der Waals surface area contributed by atoms with Gasteiger partial charge >= 0.3 is 0 Å². The summed E-state index contributed by atoms with van der Waals surface area (Å²) in [5.41, 5.74) is 6.15. The smallest absolute Gasteiger partial charge is 0.271 e. The quantitative estimate of drug-likeness (QED) is 0.758. The Morgan fingerprint density at radius 3 is 2.41 bits per heavy atom. The molecule has 1 amide bonds. The highest BCUT2D eigenvalue weighted by atomic mass is 79.9. The van der Waals surface area contributed by atoms with Crippen LogP contribution in [0.5, 0.6) is 5.75 Å². The van der Waals surface area contributed by atoms with Crippen molar-refractivity contribution in [2.45, 2.75) is 0 Å². The standard InChI is InChI=1S/C9H6Br2N4O2/c10-4-1-3(2-5(11)8(4)16)6-7(9(12)17)14-15-13-6/h1-2,16H,(H2,12,17)(H,13,14,15). The number of amides is 1. The molecular formula is C9H6Br2N4O2. The van der Waals surface area contributed by atoms with Gasteiger partial charge in [-0.05, 0) is 44.0 Å². The molecule has 0 unspecified atom stereocenters. The zero-order valence-corrected chi connectivity index (χ0v) is 11.4. The molecular weight excluding hydrogens is 356 g/mol. The first-order chi connectivity index (χ1) is 8.00. The first kappa shape index (κ1) is 12.1. The summed E-state index contributed by atoms with van der Waals surface area (Å²) in [6.07, 6.45) is 0. The van der Waals surface area contributed by atoms with Crippen molar-refractivity contribution in [1.82, 2.24) is 15.4 Å². The molecule has 1 heterocycles. The number of primary amides is 1. The fraction of sp³-hybridized carbons (Fsp3) is 0. The lowest BCUT2D eigenvalue weighted by atomic mass is 10.1. The van der Waals surface area contributed by atoms with Crippen molar-refractivity contribution in [2.24, 2.45) is 5.73 Å². The summed E-state index contributed by atoms with van der Waals surface area (Å²) in [6.45, 7) is 0. The van der Waals surface area contributed by atoms with Crippen molar-refractivity contribution in [3.8, 4) is 17.0 Å². The zero-order valence-electron chi connectivity index (χ0n) is 8.24. The van der Waals surface area contributed by atoms with Crippen molar-refractivity contribution in [2.75, 3.05) is 0 Å². The SMILES string of the molecule is NC(=O)c1n[nH]nc1-c1cc(Br)c(O)c(Br)c1. The summed E-state index contributed by atoms with van der Waals surface area (Å²) in [4.78, 5) is 11.1. The van der Waals surface area contributed by atoms with Gasteiger partial charge in [0.15, 0.2) is 5.69 Å². The number of halogens is 2. The Labute approximate surface area is 112 Å². The van der Waals surface area contributed by atoms with E-state index in [-0.39, 0.29) is 11.4 Å². The molecule has 0 aliphatic heterocycles. The molecule has 8 heteroatoms. The van der Waals surface area contributed by atoms with Crippen LogP contribution in [0.3, 0.4) is 0 Å². The van der Waals surface area contributed by atoms with Crippen LogP contribution in [0.25, 0.3) is 11.3 Å². The minimum atomic E-state index is -0.672. The number of benzene rings is 1. The average Bonchev–Trinajstić information content (AvgIpc) is 2.74. The topological polar surface area (TPSA) is 105 Å². The van der Waals surface area contributed by atoms with Crippen molar-refractivity contribution in [3.63, 3.8) is 0 Å². The first-order valence-corrected chi connectivity index (χ1v) is 5.98. The van der Waals surface area contributed by atoms with E-state index in [0.29, 0.717) is 20.2 Å². The number of aromatic amines is 1. The van der Waals surface area contributed by atoms with Crippen molar-refractivity contribution in [3.05, 3.63) is 26.8 Å². The number of hydrogen-bond donors (Lipinski definition) is 3.